The first kappa shape index (κ1) is 19.2. The Balaban J connectivity index is 0.00000242. The molecule has 0 saturated heterocycles. The summed E-state index contributed by atoms with van der Waals surface area (Å²) in [5.74, 6) is 1.13. The molecule has 0 aliphatic heterocycles. The maximum atomic E-state index is 12.4. The third-order valence-corrected chi connectivity index (χ3v) is 4.75. The SMILES string of the molecule is CCCCC1CCC(NC(C)C(=O)c2ccccc2)CC1.Cl. The van der Waals surface area contributed by atoms with Crippen molar-refractivity contribution in [2.24, 2.45) is 5.92 Å². The number of carbonyl (C=O) groups is 1. The molecule has 2 rings (SSSR count). The Labute approximate surface area is 141 Å². The Kier molecular flexibility index (Phi) is 8.74. The van der Waals surface area contributed by atoms with Gasteiger partial charge in [-0.25, -0.2) is 0 Å². The lowest BCUT2D eigenvalue weighted by molar-refractivity contribution is 0.0937. The van der Waals surface area contributed by atoms with E-state index in [9.17, 15) is 4.79 Å². The zero-order valence-electron chi connectivity index (χ0n) is 13.9. The molecule has 1 aliphatic carbocycles. The molecule has 1 aliphatic rings. The van der Waals surface area contributed by atoms with Crippen molar-refractivity contribution >= 4 is 18.2 Å². The van der Waals surface area contributed by atoms with E-state index in [1.807, 2.05) is 37.3 Å². The first-order valence-corrected chi connectivity index (χ1v) is 8.56. The van der Waals surface area contributed by atoms with Crippen molar-refractivity contribution < 1.29 is 4.79 Å². The fraction of sp³-hybridized carbons (Fsp3) is 0.632. The van der Waals surface area contributed by atoms with Gasteiger partial charge in [-0.05, 0) is 38.5 Å². The van der Waals surface area contributed by atoms with E-state index in [0.29, 0.717) is 6.04 Å². The fourth-order valence-electron chi connectivity index (χ4n) is 3.39. The van der Waals surface area contributed by atoms with Crippen molar-refractivity contribution in [1.82, 2.24) is 5.32 Å². The molecule has 124 valence electrons. The van der Waals surface area contributed by atoms with Crippen LogP contribution in [-0.4, -0.2) is 17.9 Å². The van der Waals surface area contributed by atoms with Gasteiger partial charge in [0.05, 0.1) is 6.04 Å². The van der Waals surface area contributed by atoms with Gasteiger partial charge in [0, 0.05) is 11.6 Å². The Hall–Kier alpha value is -0.860. The van der Waals surface area contributed by atoms with Crippen LogP contribution in [0, 0.1) is 5.92 Å². The Morgan fingerprint density at radius 1 is 1.18 bits per heavy atom. The highest BCUT2D eigenvalue weighted by Crippen LogP contribution is 2.28. The van der Waals surface area contributed by atoms with Gasteiger partial charge in [-0.15, -0.1) is 12.4 Å². The molecule has 22 heavy (non-hydrogen) atoms. The van der Waals surface area contributed by atoms with Gasteiger partial charge in [0.2, 0.25) is 0 Å². The van der Waals surface area contributed by atoms with Crippen LogP contribution in [-0.2, 0) is 0 Å². The summed E-state index contributed by atoms with van der Waals surface area (Å²) < 4.78 is 0. The number of hydrogen-bond acceptors (Lipinski definition) is 2. The van der Waals surface area contributed by atoms with Crippen molar-refractivity contribution in [1.29, 1.82) is 0 Å². The monoisotopic (exact) mass is 323 g/mol. The van der Waals surface area contributed by atoms with Crippen molar-refractivity contribution in [3.8, 4) is 0 Å². The molecule has 1 aromatic rings. The third-order valence-electron chi connectivity index (χ3n) is 4.75. The van der Waals surface area contributed by atoms with Gasteiger partial charge in [-0.2, -0.15) is 0 Å². The third kappa shape index (κ3) is 5.73. The van der Waals surface area contributed by atoms with Crippen LogP contribution >= 0.6 is 12.4 Å². The normalized spacial score (nSPS) is 22.6. The topological polar surface area (TPSA) is 29.1 Å². The van der Waals surface area contributed by atoms with E-state index in [4.69, 9.17) is 0 Å². The second kappa shape index (κ2) is 10.0. The fourth-order valence-corrected chi connectivity index (χ4v) is 3.39. The average molecular weight is 324 g/mol. The number of carbonyl (C=O) groups excluding carboxylic acids is 1. The lowest BCUT2D eigenvalue weighted by atomic mass is 9.83. The van der Waals surface area contributed by atoms with Crippen molar-refractivity contribution in [2.45, 2.75) is 70.9 Å². The number of ketones is 1. The second-order valence-electron chi connectivity index (χ2n) is 6.48. The predicted octanol–water partition coefficient (Wildman–Crippen LogP) is 5.02. The van der Waals surface area contributed by atoms with Crippen molar-refractivity contribution in [3.63, 3.8) is 0 Å². The highest BCUT2D eigenvalue weighted by Gasteiger charge is 2.24. The maximum Gasteiger partial charge on any atom is 0.179 e. The summed E-state index contributed by atoms with van der Waals surface area (Å²) in [6.45, 7) is 4.27. The minimum atomic E-state index is -0.0791. The summed E-state index contributed by atoms with van der Waals surface area (Å²) in [5, 5.41) is 3.54. The summed E-state index contributed by atoms with van der Waals surface area (Å²) >= 11 is 0. The molecule has 3 heteroatoms. The van der Waals surface area contributed by atoms with Crippen LogP contribution < -0.4 is 5.32 Å². The number of hydrogen-bond donors (Lipinski definition) is 1. The van der Waals surface area contributed by atoms with Gasteiger partial charge >= 0.3 is 0 Å². The molecule has 0 aromatic heterocycles. The van der Waals surface area contributed by atoms with Gasteiger partial charge < -0.3 is 5.32 Å². The van der Waals surface area contributed by atoms with Crippen LogP contribution in [0.4, 0.5) is 0 Å². The van der Waals surface area contributed by atoms with Gasteiger partial charge in [-0.1, -0.05) is 56.5 Å². The second-order valence-corrected chi connectivity index (χ2v) is 6.48. The number of Topliss-reactive ketones (excluding diaryl/α,β-unsaturated/α-hetero) is 1. The van der Waals surface area contributed by atoms with Gasteiger partial charge in [-0.3, -0.25) is 4.79 Å². The van der Waals surface area contributed by atoms with Gasteiger partial charge in [0.1, 0.15) is 0 Å². The number of rotatable bonds is 7. The molecule has 0 amide bonds. The molecule has 1 N–H and O–H groups in total. The molecule has 1 unspecified atom stereocenters. The Morgan fingerprint density at radius 3 is 2.41 bits per heavy atom. The molecule has 0 radical (unpaired) electrons. The van der Waals surface area contributed by atoms with E-state index in [1.165, 1.54) is 44.9 Å². The molecule has 1 atom stereocenters. The number of halogens is 1. The molecule has 1 saturated carbocycles. The van der Waals surface area contributed by atoms with E-state index >= 15 is 0 Å². The molecular weight excluding hydrogens is 294 g/mol. The molecule has 0 spiro atoms. The van der Waals surface area contributed by atoms with Crippen LogP contribution in [0.2, 0.25) is 0 Å². The number of benzene rings is 1. The first-order valence-electron chi connectivity index (χ1n) is 8.56. The van der Waals surface area contributed by atoms with Crippen LogP contribution in [0.1, 0.15) is 69.2 Å². The number of unbranched alkanes of at least 4 members (excludes halogenated alkanes) is 1. The van der Waals surface area contributed by atoms with Crippen LogP contribution in [0.25, 0.3) is 0 Å². The van der Waals surface area contributed by atoms with E-state index in [-0.39, 0.29) is 24.2 Å². The average Bonchev–Trinajstić information content (AvgIpc) is 2.54. The van der Waals surface area contributed by atoms with E-state index < -0.39 is 0 Å². The summed E-state index contributed by atoms with van der Waals surface area (Å²) in [6.07, 6.45) is 9.16. The molecule has 2 nitrogen and oxygen atoms in total. The molecule has 0 heterocycles. The smallest absolute Gasteiger partial charge is 0.179 e. The van der Waals surface area contributed by atoms with Gasteiger partial charge in [0.25, 0.3) is 0 Å². The first-order chi connectivity index (χ1) is 10.2. The lowest BCUT2D eigenvalue weighted by Gasteiger charge is -2.31. The minimum absolute atomic E-state index is 0. The highest BCUT2D eigenvalue weighted by atomic mass is 35.5. The van der Waals surface area contributed by atoms with Crippen LogP contribution in [0.5, 0.6) is 0 Å². The lowest BCUT2D eigenvalue weighted by Crippen LogP contribution is -2.43. The largest absolute Gasteiger partial charge is 0.305 e. The standard InChI is InChI=1S/C19H29NO.ClH/c1-3-4-8-16-11-13-18(14-12-16)20-15(2)19(21)17-9-6-5-7-10-17;/h5-7,9-10,15-16,18,20H,3-4,8,11-14H2,1-2H3;1H. The zero-order valence-corrected chi connectivity index (χ0v) is 14.7. The van der Waals surface area contributed by atoms with E-state index in [0.717, 1.165) is 11.5 Å². The quantitative estimate of drug-likeness (QED) is 0.714. The highest BCUT2D eigenvalue weighted by molar-refractivity contribution is 5.99. The molecule has 0 bridgehead atoms. The summed E-state index contributed by atoms with van der Waals surface area (Å²) in [4.78, 5) is 12.4. The van der Waals surface area contributed by atoms with Crippen molar-refractivity contribution in [2.75, 3.05) is 0 Å². The minimum Gasteiger partial charge on any atom is -0.305 e. The summed E-state index contributed by atoms with van der Waals surface area (Å²) in [7, 11) is 0. The van der Waals surface area contributed by atoms with Crippen LogP contribution in [0.3, 0.4) is 0 Å². The maximum absolute atomic E-state index is 12.4. The number of nitrogens with one attached hydrogen (secondary N) is 1. The molecule has 1 aromatic carbocycles. The molecule has 1 fully saturated rings. The van der Waals surface area contributed by atoms with Gasteiger partial charge in [0.15, 0.2) is 5.78 Å². The zero-order chi connectivity index (χ0) is 15.1. The molecular formula is C19H30ClNO. The Morgan fingerprint density at radius 2 is 1.82 bits per heavy atom. The van der Waals surface area contributed by atoms with E-state index in [1.54, 1.807) is 0 Å². The Bertz CT molecular complexity index is 426. The summed E-state index contributed by atoms with van der Waals surface area (Å²) in [6, 6.07) is 10.1. The van der Waals surface area contributed by atoms with Crippen LogP contribution in [0.15, 0.2) is 30.3 Å². The predicted molar refractivity (Wildman–Crippen MR) is 95.9 cm³/mol. The summed E-state index contributed by atoms with van der Waals surface area (Å²) in [5.41, 5.74) is 0.814. The van der Waals surface area contributed by atoms with E-state index in [2.05, 4.69) is 12.2 Å². The van der Waals surface area contributed by atoms with Crippen molar-refractivity contribution in [3.05, 3.63) is 35.9 Å².